The molecule has 0 saturated carbocycles. The Morgan fingerprint density at radius 1 is 1.42 bits per heavy atom. The van der Waals surface area contributed by atoms with Gasteiger partial charge in [-0.2, -0.15) is 0 Å². The van der Waals surface area contributed by atoms with Crippen LogP contribution in [-0.4, -0.2) is 43.8 Å². The topological polar surface area (TPSA) is 37.6 Å². The highest BCUT2D eigenvalue weighted by Crippen LogP contribution is 2.30. The highest BCUT2D eigenvalue weighted by atomic mass is 16.5. The normalized spacial score (nSPS) is 26.1. The molecule has 0 bridgehead atoms. The van der Waals surface area contributed by atoms with Gasteiger partial charge in [-0.3, -0.25) is 4.90 Å². The van der Waals surface area contributed by atoms with E-state index >= 15 is 0 Å². The molecular formula is C15H24N2O2. The Morgan fingerprint density at radius 2 is 2.26 bits per heavy atom. The Labute approximate surface area is 115 Å². The van der Waals surface area contributed by atoms with Crippen LogP contribution in [0.2, 0.25) is 0 Å². The van der Waals surface area contributed by atoms with Crippen molar-refractivity contribution in [1.29, 1.82) is 0 Å². The fourth-order valence-electron chi connectivity index (χ4n) is 3.23. The second-order valence-electron chi connectivity index (χ2n) is 5.72. The van der Waals surface area contributed by atoms with E-state index in [1.54, 1.807) is 0 Å². The number of aryl methyl sites for hydroxylation is 1. The number of morpholine rings is 1. The molecule has 1 fully saturated rings. The minimum Gasteiger partial charge on any atom is -0.469 e. The Bertz CT molecular complexity index is 399. The molecule has 1 aliphatic carbocycles. The minimum absolute atomic E-state index is 0.471. The summed E-state index contributed by atoms with van der Waals surface area (Å²) in [7, 11) is 0. The molecule has 4 nitrogen and oxygen atoms in total. The van der Waals surface area contributed by atoms with Crippen LogP contribution in [0.4, 0.5) is 0 Å². The summed E-state index contributed by atoms with van der Waals surface area (Å²) in [6.45, 7) is 7.27. The smallest absolute Gasteiger partial charge is 0.108 e. The number of nitrogens with zero attached hydrogens (tertiary/aromatic N) is 1. The summed E-state index contributed by atoms with van der Waals surface area (Å²) >= 11 is 0. The predicted molar refractivity (Wildman–Crippen MR) is 74.2 cm³/mol. The summed E-state index contributed by atoms with van der Waals surface area (Å²) in [6.07, 6.45) is 5.37. The zero-order valence-electron chi connectivity index (χ0n) is 11.7. The van der Waals surface area contributed by atoms with Crippen molar-refractivity contribution in [3.63, 3.8) is 0 Å². The molecule has 2 heterocycles. The van der Waals surface area contributed by atoms with E-state index in [1.165, 1.54) is 24.2 Å². The van der Waals surface area contributed by atoms with Gasteiger partial charge in [0.25, 0.3) is 0 Å². The van der Waals surface area contributed by atoms with Gasteiger partial charge in [0, 0.05) is 43.7 Å². The molecule has 1 saturated heterocycles. The van der Waals surface area contributed by atoms with E-state index in [1.807, 2.05) is 6.26 Å². The van der Waals surface area contributed by atoms with Crippen LogP contribution in [0.25, 0.3) is 0 Å². The standard InChI is InChI=1S/C15H24N2O2/c1-12(11-17-6-9-18-10-7-17)16-14-3-2-4-15-13(14)5-8-19-15/h5,8,12,14,16H,2-4,6-7,9-11H2,1H3. The van der Waals surface area contributed by atoms with Gasteiger partial charge in [-0.25, -0.2) is 0 Å². The first kappa shape index (κ1) is 13.2. The van der Waals surface area contributed by atoms with Crippen molar-refractivity contribution in [1.82, 2.24) is 10.2 Å². The predicted octanol–water partition coefficient (Wildman–Crippen LogP) is 1.97. The first-order valence-electron chi connectivity index (χ1n) is 7.45. The Balaban J connectivity index is 1.54. The molecule has 1 aliphatic heterocycles. The SMILES string of the molecule is CC(CN1CCOCC1)NC1CCCc2occc21. The third kappa shape index (κ3) is 3.19. The number of fused-ring (bicyclic) bond motifs is 1. The second kappa shape index (κ2) is 6.07. The van der Waals surface area contributed by atoms with Crippen molar-refractivity contribution in [2.75, 3.05) is 32.8 Å². The number of ether oxygens (including phenoxy) is 1. The monoisotopic (exact) mass is 264 g/mol. The summed E-state index contributed by atoms with van der Waals surface area (Å²) in [4.78, 5) is 2.49. The molecule has 2 atom stereocenters. The summed E-state index contributed by atoms with van der Waals surface area (Å²) in [5.41, 5.74) is 1.38. The van der Waals surface area contributed by atoms with Crippen LogP contribution in [-0.2, 0) is 11.2 Å². The molecule has 0 aromatic carbocycles. The zero-order valence-corrected chi connectivity index (χ0v) is 11.7. The average molecular weight is 264 g/mol. The molecular weight excluding hydrogens is 240 g/mol. The number of rotatable bonds is 4. The molecule has 2 aliphatic rings. The van der Waals surface area contributed by atoms with Crippen LogP contribution < -0.4 is 5.32 Å². The minimum atomic E-state index is 0.471. The van der Waals surface area contributed by atoms with Crippen molar-refractivity contribution < 1.29 is 9.15 Å². The lowest BCUT2D eigenvalue weighted by Gasteiger charge is -2.32. The lowest BCUT2D eigenvalue weighted by Crippen LogP contribution is -2.45. The summed E-state index contributed by atoms with van der Waals surface area (Å²) in [5.74, 6) is 1.18. The Morgan fingerprint density at radius 3 is 3.11 bits per heavy atom. The fraction of sp³-hybridized carbons (Fsp3) is 0.733. The number of nitrogens with one attached hydrogen (secondary N) is 1. The van der Waals surface area contributed by atoms with Gasteiger partial charge in [0.1, 0.15) is 5.76 Å². The second-order valence-corrected chi connectivity index (χ2v) is 5.72. The van der Waals surface area contributed by atoms with Gasteiger partial charge in [-0.1, -0.05) is 0 Å². The third-order valence-corrected chi connectivity index (χ3v) is 4.17. The summed E-state index contributed by atoms with van der Waals surface area (Å²) < 4.78 is 10.9. The summed E-state index contributed by atoms with van der Waals surface area (Å²) in [6, 6.07) is 3.11. The van der Waals surface area contributed by atoms with E-state index in [4.69, 9.17) is 9.15 Å². The molecule has 106 valence electrons. The van der Waals surface area contributed by atoms with Crippen molar-refractivity contribution in [2.45, 2.75) is 38.3 Å². The van der Waals surface area contributed by atoms with Gasteiger partial charge in [0.2, 0.25) is 0 Å². The quantitative estimate of drug-likeness (QED) is 0.902. The maximum absolute atomic E-state index is 5.55. The number of furan rings is 1. The van der Waals surface area contributed by atoms with Crippen LogP contribution >= 0.6 is 0 Å². The molecule has 19 heavy (non-hydrogen) atoms. The van der Waals surface area contributed by atoms with E-state index in [-0.39, 0.29) is 0 Å². The molecule has 0 spiro atoms. The van der Waals surface area contributed by atoms with E-state index < -0.39 is 0 Å². The maximum atomic E-state index is 5.55. The van der Waals surface area contributed by atoms with Gasteiger partial charge in [0.05, 0.1) is 19.5 Å². The maximum Gasteiger partial charge on any atom is 0.108 e. The van der Waals surface area contributed by atoms with Crippen LogP contribution in [0.3, 0.4) is 0 Å². The van der Waals surface area contributed by atoms with Gasteiger partial charge >= 0.3 is 0 Å². The third-order valence-electron chi connectivity index (χ3n) is 4.17. The van der Waals surface area contributed by atoms with Crippen LogP contribution in [0.15, 0.2) is 16.7 Å². The molecule has 4 heteroatoms. The van der Waals surface area contributed by atoms with E-state index in [0.717, 1.165) is 39.3 Å². The van der Waals surface area contributed by atoms with E-state index in [2.05, 4.69) is 23.2 Å². The number of hydrogen-bond acceptors (Lipinski definition) is 4. The molecule has 3 rings (SSSR count). The molecule has 0 amide bonds. The Hall–Kier alpha value is -0.840. The molecule has 1 aromatic heterocycles. The lowest BCUT2D eigenvalue weighted by atomic mass is 9.93. The molecule has 0 radical (unpaired) electrons. The number of hydrogen-bond donors (Lipinski definition) is 1. The van der Waals surface area contributed by atoms with Crippen LogP contribution in [0, 0.1) is 0 Å². The van der Waals surface area contributed by atoms with Gasteiger partial charge in [-0.15, -0.1) is 0 Å². The lowest BCUT2D eigenvalue weighted by molar-refractivity contribution is 0.0337. The average Bonchev–Trinajstić information content (AvgIpc) is 2.89. The van der Waals surface area contributed by atoms with E-state index in [9.17, 15) is 0 Å². The van der Waals surface area contributed by atoms with Crippen molar-refractivity contribution >= 4 is 0 Å². The van der Waals surface area contributed by atoms with Crippen molar-refractivity contribution in [3.8, 4) is 0 Å². The highest BCUT2D eigenvalue weighted by Gasteiger charge is 2.24. The van der Waals surface area contributed by atoms with Gasteiger partial charge in [0.15, 0.2) is 0 Å². The highest BCUT2D eigenvalue weighted by molar-refractivity contribution is 5.24. The summed E-state index contributed by atoms with van der Waals surface area (Å²) in [5, 5.41) is 3.77. The molecule has 1 N–H and O–H groups in total. The Kier molecular flexibility index (Phi) is 4.21. The van der Waals surface area contributed by atoms with Crippen molar-refractivity contribution in [3.05, 3.63) is 23.7 Å². The molecule has 2 unspecified atom stereocenters. The molecule has 1 aromatic rings. The largest absolute Gasteiger partial charge is 0.469 e. The first-order chi connectivity index (χ1) is 9.33. The van der Waals surface area contributed by atoms with E-state index in [0.29, 0.717) is 12.1 Å². The van der Waals surface area contributed by atoms with Crippen molar-refractivity contribution in [2.24, 2.45) is 0 Å². The van der Waals surface area contributed by atoms with Gasteiger partial charge < -0.3 is 14.5 Å². The van der Waals surface area contributed by atoms with Gasteiger partial charge in [-0.05, 0) is 25.8 Å². The first-order valence-corrected chi connectivity index (χ1v) is 7.45. The van der Waals surface area contributed by atoms with Crippen LogP contribution in [0.1, 0.15) is 37.1 Å². The zero-order chi connectivity index (χ0) is 13.1. The van der Waals surface area contributed by atoms with Crippen LogP contribution in [0.5, 0.6) is 0 Å². The fourth-order valence-corrected chi connectivity index (χ4v) is 3.23.